The predicted molar refractivity (Wildman–Crippen MR) is 130 cm³/mol. The Labute approximate surface area is 194 Å². The van der Waals surface area contributed by atoms with Crippen molar-refractivity contribution >= 4 is 41.5 Å². The van der Waals surface area contributed by atoms with Crippen LogP contribution in [0.25, 0.3) is 0 Å². The molecule has 8 heteroatoms. The van der Waals surface area contributed by atoms with Crippen LogP contribution >= 0.6 is 24.0 Å². The third kappa shape index (κ3) is 8.98. The number of benzene rings is 2. The molecular weight excluding hydrogens is 498 g/mol. The molecule has 2 aromatic carbocycles. The molecule has 0 saturated heterocycles. The second-order valence-corrected chi connectivity index (χ2v) is 7.03. The third-order valence-corrected chi connectivity index (χ3v) is 4.14. The lowest BCUT2D eigenvalue weighted by Gasteiger charge is -2.18. The van der Waals surface area contributed by atoms with Crippen molar-refractivity contribution in [2.45, 2.75) is 33.4 Å². The molecule has 0 radical (unpaired) electrons. The van der Waals surface area contributed by atoms with Crippen molar-refractivity contribution in [1.82, 2.24) is 10.6 Å². The first-order valence-electron chi connectivity index (χ1n) is 9.64. The number of rotatable bonds is 8. The molecule has 2 rings (SSSR count). The SMILES string of the molecule is CN=C(NCc1ccc(NC(=O)C(C)C)cc1)NCC(C)Oc1ccc(F)cc1.I. The van der Waals surface area contributed by atoms with Crippen LogP contribution in [0.3, 0.4) is 0 Å². The number of nitrogens with one attached hydrogen (secondary N) is 3. The summed E-state index contributed by atoms with van der Waals surface area (Å²) in [7, 11) is 1.70. The molecule has 0 aliphatic heterocycles. The summed E-state index contributed by atoms with van der Waals surface area (Å²) in [5.74, 6) is 0.922. The standard InChI is InChI=1S/C22H29FN4O2.HI/c1-15(2)21(28)27-19-9-5-17(6-10-19)14-26-22(24-4)25-13-16(3)29-20-11-7-18(23)8-12-20;/h5-12,15-16H,13-14H2,1-4H3,(H,27,28)(H2,24,25,26);1H. The molecule has 0 saturated carbocycles. The Kier molecular flexibility index (Phi) is 11.2. The van der Waals surface area contributed by atoms with Crippen molar-refractivity contribution in [2.24, 2.45) is 10.9 Å². The highest BCUT2D eigenvalue weighted by Gasteiger charge is 2.08. The molecule has 0 bridgehead atoms. The van der Waals surface area contributed by atoms with Crippen molar-refractivity contribution in [2.75, 3.05) is 18.9 Å². The minimum Gasteiger partial charge on any atom is -0.489 e. The molecule has 2 aromatic rings. The Bertz CT molecular complexity index is 811. The fourth-order valence-electron chi connectivity index (χ4n) is 2.43. The van der Waals surface area contributed by atoms with E-state index in [-0.39, 0.29) is 47.7 Å². The van der Waals surface area contributed by atoms with Crippen LogP contribution in [-0.2, 0) is 11.3 Å². The minimum absolute atomic E-state index is 0. The molecular formula is C22H30FIN4O2. The molecule has 1 amide bonds. The highest BCUT2D eigenvalue weighted by Crippen LogP contribution is 2.13. The van der Waals surface area contributed by atoms with Gasteiger partial charge in [0.05, 0.1) is 6.54 Å². The lowest BCUT2D eigenvalue weighted by molar-refractivity contribution is -0.118. The van der Waals surface area contributed by atoms with Crippen molar-refractivity contribution in [1.29, 1.82) is 0 Å². The fraction of sp³-hybridized carbons (Fsp3) is 0.364. The topological polar surface area (TPSA) is 74.8 Å². The molecule has 0 aromatic heterocycles. The molecule has 3 N–H and O–H groups in total. The molecule has 1 atom stereocenters. The van der Waals surface area contributed by atoms with Crippen LogP contribution < -0.4 is 20.7 Å². The van der Waals surface area contributed by atoms with Crippen molar-refractivity contribution in [3.05, 3.63) is 59.9 Å². The minimum atomic E-state index is -0.289. The number of carbonyl (C=O) groups excluding carboxylic acids is 1. The van der Waals surface area contributed by atoms with Crippen LogP contribution in [0.2, 0.25) is 0 Å². The van der Waals surface area contributed by atoms with Gasteiger partial charge in [0.15, 0.2) is 5.96 Å². The molecule has 30 heavy (non-hydrogen) atoms. The highest BCUT2D eigenvalue weighted by molar-refractivity contribution is 14.0. The number of aliphatic imine (C=N–C) groups is 1. The second-order valence-electron chi connectivity index (χ2n) is 7.03. The van der Waals surface area contributed by atoms with Gasteiger partial charge in [-0.3, -0.25) is 9.79 Å². The second kappa shape index (κ2) is 13.0. The normalized spacial score (nSPS) is 12.0. The highest BCUT2D eigenvalue weighted by atomic mass is 127. The first kappa shape index (κ1) is 25.7. The Morgan fingerprint density at radius 2 is 1.67 bits per heavy atom. The van der Waals surface area contributed by atoms with Gasteiger partial charge in [0, 0.05) is 25.2 Å². The molecule has 1 unspecified atom stereocenters. The monoisotopic (exact) mass is 528 g/mol. The summed E-state index contributed by atoms with van der Waals surface area (Å²) in [6.45, 7) is 6.77. The molecule has 0 aliphatic rings. The lowest BCUT2D eigenvalue weighted by atomic mass is 10.1. The zero-order valence-corrected chi connectivity index (χ0v) is 20.1. The van der Waals surface area contributed by atoms with Gasteiger partial charge in [-0.25, -0.2) is 4.39 Å². The average Bonchev–Trinajstić information content (AvgIpc) is 2.71. The van der Waals surface area contributed by atoms with Gasteiger partial charge < -0.3 is 20.7 Å². The average molecular weight is 528 g/mol. The first-order valence-corrected chi connectivity index (χ1v) is 9.64. The van der Waals surface area contributed by atoms with E-state index in [1.807, 2.05) is 45.0 Å². The maximum absolute atomic E-state index is 12.9. The van der Waals surface area contributed by atoms with E-state index in [0.29, 0.717) is 24.8 Å². The molecule has 6 nitrogen and oxygen atoms in total. The Balaban J connectivity index is 0.00000450. The summed E-state index contributed by atoms with van der Waals surface area (Å²) in [6.07, 6.45) is -0.122. The smallest absolute Gasteiger partial charge is 0.226 e. The molecule has 0 aliphatic carbocycles. The van der Waals surface area contributed by atoms with E-state index >= 15 is 0 Å². The quantitative estimate of drug-likeness (QED) is 0.273. The molecule has 0 heterocycles. The summed E-state index contributed by atoms with van der Waals surface area (Å²) in [5, 5.41) is 9.31. The van der Waals surface area contributed by atoms with Crippen LogP contribution in [0.4, 0.5) is 10.1 Å². The molecule has 0 spiro atoms. The lowest BCUT2D eigenvalue weighted by Crippen LogP contribution is -2.41. The number of ether oxygens (including phenoxy) is 1. The summed E-state index contributed by atoms with van der Waals surface area (Å²) < 4.78 is 18.7. The van der Waals surface area contributed by atoms with E-state index in [0.717, 1.165) is 11.3 Å². The fourth-order valence-corrected chi connectivity index (χ4v) is 2.43. The van der Waals surface area contributed by atoms with Crippen LogP contribution in [0, 0.1) is 11.7 Å². The Hall–Kier alpha value is -2.36. The maximum Gasteiger partial charge on any atom is 0.226 e. The predicted octanol–water partition coefficient (Wildman–Crippen LogP) is 4.17. The number of halogens is 2. The number of carbonyl (C=O) groups is 1. The van der Waals surface area contributed by atoms with Gasteiger partial charge >= 0.3 is 0 Å². The summed E-state index contributed by atoms with van der Waals surface area (Å²) in [6, 6.07) is 13.6. The van der Waals surface area contributed by atoms with E-state index < -0.39 is 0 Å². The van der Waals surface area contributed by atoms with Crippen LogP contribution in [0.1, 0.15) is 26.3 Å². The third-order valence-electron chi connectivity index (χ3n) is 4.14. The zero-order valence-electron chi connectivity index (χ0n) is 17.7. The number of amides is 1. The largest absolute Gasteiger partial charge is 0.489 e. The van der Waals surface area contributed by atoms with E-state index in [1.54, 1.807) is 19.2 Å². The number of hydrogen-bond acceptors (Lipinski definition) is 3. The van der Waals surface area contributed by atoms with Gasteiger partial charge in [0.25, 0.3) is 0 Å². The van der Waals surface area contributed by atoms with E-state index in [2.05, 4.69) is 20.9 Å². The van der Waals surface area contributed by atoms with Crippen LogP contribution in [0.5, 0.6) is 5.75 Å². The number of nitrogens with zero attached hydrogens (tertiary/aromatic N) is 1. The molecule has 0 fully saturated rings. The summed E-state index contributed by atoms with van der Waals surface area (Å²) in [5.41, 5.74) is 1.84. The summed E-state index contributed by atoms with van der Waals surface area (Å²) in [4.78, 5) is 15.9. The number of guanidine groups is 1. The van der Waals surface area contributed by atoms with Crippen molar-refractivity contribution < 1.29 is 13.9 Å². The van der Waals surface area contributed by atoms with Crippen LogP contribution in [0.15, 0.2) is 53.5 Å². The number of anilines is 1. The van der Waals surface area contributed by atoms with Crippen molar-refractivity contribution in [3.8, 4) is 5.75 Å². The summed E-state index contributed by atoms with van der Waals surface area (Å²) >= 11 is 0. The van der Waals surface area contributed by atoms with Gasteiger partial charge in [0.2, 0.25) is 5.91 Å². The van der Waals surface area contributed by atoms with Gasteiger partial charge in [-0.1, -0.05) is 26.0 Å². The van der Waals surface area contributed by atoms with Crippen LogP contribution in [-0.4, -0.2) is 31.6 Å². The van der Waals surface area contributed by atoms with Gasteiger partial charge in [-0.15, -0.1) is 24.0 Å². The van der Waals surface area contributed by atoms with Crippen molar-refractivity contribution in [3.63, 3.8) is 0 Å². The Morgan fingerprint density at radius 3 is 2.23 bits per heavy atom. The van der Waals surface area contributed by atoms with Gasteiger partial charge in [-0.05, 0) is 48.9 Å². The molecule has 164 valence electrons. The maximum atomic E-state index is 12.9. The van der Waals surface area contributed by atoms with E-state index in [9.17, 15) is 9.18 Å². The van der Waals surface area contributed by atoms with E-state index in [1.165, 1.54) is 12.1 Å². The van der Waals surface area contributed by atoms with Gasteiger partial charge in [-0.2, -0.15) is 0 Å². The zero-order chi connectivity index (χ0) is 21.2. The Morgan fingerprint density at radius 1 is 1.03 bits per heavy atom. The number of hydrogen-bond donors (Lipinski definition) is 3. The van der Waals surface area contributed by atoms with Gasteiger partial charge in [0.1, 0.15) is 17.7 Å². The first-order chi connectivity index (χ1) is 13.9. The van der Waals surface area contributed by atoms with E-state index in [4.69, 9.17) is 4.74 Å².